The first-order chi connectivity index (χ1) is 11.8. The zero-order valence-corrected chi connectivity index (χ0v) is 14.3. The van der Waals surface area contributed by atoms with Crippen LogP contribution in [-0.2, 0) is 4.79 Å². The zero-order chi connectivity index (χ0) is 16.5. The maximum Gasteiger partial charge on any atom is 0.276 e. The molecule has 0 spiro atoms. The Morgan fingerprint density at radius 3 is 3.00 bits per heavy atom. The van der Waals surface area contributed by atoms with Crippen molar-refractivity contribution < 1.29 is 4.79 Å². The highest BCUT2D eigenvalue weighted by Gasteiger charge is 2.34. The second-order valence-corrected chi connectivity index (χ2v) is 7.18. The molecule has 2 aromatic rings. The molecule has 1 atom stereocenters. The third kappa shape index (κ3) is 2.55. The lowest BCUT2D eigenvalue weighted by molar-refractivity contribution is -0.116. The molecule has 1 amide bonds. The molecule has 4 rings (SSSR count). The molecule has 1 aromatic heterocycles. The molecular formula is C17H14N4OS2. The number of amidine groups is 1. The highest BCUT2D eigenvalue weighted by Crippen LogP contribution is 2.32. The van der Waals surface area contributed by atoms with Crippen molar-refractivity contribution in [1.82, 2.24) is 10.3 Å². The van der Waals surface area contributed by atoms with Gasteiger partial charge in [0.05, 0.1) is 10.2 Å². The van der Waals surface area contributed by atoms with E-state index in [4.69, 9.17) is 4.99 Å². The summed E-state index contributed by atoms with van der Waals surface area (Å²) in [6.07, 6.45) is 1.46. The molecular weight excluding hydrogens is 340 g/mol. The van der Waals surface area contributed by atoms with Crippen molar-refractivity contribution in [2.24, 2.45) is 10.1 Å². The highest BCUT2D eigenvalue weighted by atomic mass is 32.2. The van der Waals surface area contributed by atoms with E-state index in [2.05, 4.69) is 17.0 Å². The van der Waals surface area contributed by atoms with Crippen LogP contribution in [0.3, 0.4) is 0 Å². The largest absolute Gasteiger partial charge is 0.298 e. The summed E-state index contributed by atoms with van der Waals surface area (Å²) in [5, 5.41) is 13.4. The van der Waals surface area contributed by atoms with Crippen LogP contribution >= 0.6 is 23.1 Å². The number of carbonyl (C=O) groups excluding carboxylic acids is 1. The number of nitrogens with one attached hydrogen (secondary N) is 1. The predicted molar refractivity (Wildman–Crippen MR) is 97.8 cm³/mol. The van der Waals surface area contributed by atoms with Gasteiger partial charge in [0.1, 0.15) is 5.70 Å². The van der Waals surface area contributed by atoms with Crippen LogP contribution in [0.2, 0.25) is 0 Å². The van der Waals surface area contributed by atoms with E-state index in [0.717, 1.165) is 15.5 Å². The average Bonchev–Trinajstić information content (AvgIpc) is 3.13. The van der Waals surface area contributed by atoms with Crippen molar-refractivity contribution in [2.75, 3.05) is 5.75 Å². The molecule has 3 heterocycles. The fourth-order valence-corrected chi connectivity index (χ4v) is 3.99. The maximum absolute atomic E-state index is 12.7. The normalized spacial score (nSPS) is 18.9. The van der Waals surface area contributed by atoms with Gasteiger partial charge in [0.15, 0.2) is 11.3 Å². The predicted octanol–water partition coefficient (Wildman–Crippen LogP) is 1.81. The Kier molecular flexibility index (Phi) is 3.95. The highest BCUT2D eigenvalue weighted by molar-refractivity contribution is 8.14. The van der Waals surface area contributed by atoms with Crippen molar-refractivity contribution in [3.05, 3.63) is 69.9 Å². The van der Waals surface area contributed by atoms with E-state index in [1.54, 1.807) is 22.4 Å². The number of hydrazone groups is 1. The molecule has 5 nitrogen and oxygen atoms in total. The minimum atomic E-state index is -0.319. The van der Waals surface area contributed by atoms with Gasteiger partial charge in [0.25, 0.3) is 5.91 Å². The molecule has 1 aromatic carbocycles. The third-order valence-electron chi connectivity index (χ3n) is 3.65. The number of benzene rings is 1. The Morgan fingerprint density at radius 1 is 1.33 bits per heavy atom. The molecule has 0 saturated heterocycles. The number of nitrogens with zero attached hydrogens (tertiary/aromatic N) is 3. The number of carbonyl (C=O) groups is 1. The number of hydrogen-bond donors (Lipinski definition) is 1. The van der Waals surface area contributed by atoms with Crippen LogP contribution in [0.25, 0.3) is 5.70 Å². The van der Waals surface area contributed by atoms with E-state index in [1.807, 2.05) is 41.8 Å². The molecule has 0 saturated carbocycles. The van der Waals surface area contributed by atoms with Gasteiger partial charge in [-0.3, -0.25) is 15.1 Å². The maximum atomic E-state index is 12.7. The molecule has 0 radical (unpaired) electrons. The number of fused-ring (bicyclic) bond motifs is 2. The molecule has 24 heavy (non-hydrogen) atoms. The second kappa shape index (κ2) is 6.26. The minimum absolute atomic E-state index is 0.152. The van der Waals surface area contributed by atoms with Crippen LogP contribution in [-0.4, -0.2) is 21.8 Å². The minimum Gasteiger partial charge on any atom is -0.298 e. The van der Waals surface area contributed by atoms with Gasteiger partial charge >= 0.3 is 0 Å². The monoisotopic (exact) mass is 354 g/mol. The van der Waals surface area contributed by atoms with Crippen molar-refractivity contribution in [1.29, 1.82) is 0 Å². The van der Waals surface area contributed by atoms with Crippen molar-refractivity contribution in [3.8, 4) is 0 Å². The van der Waals surface area contributed by atoms with E-state index >= 15 is 0 Å². The summed E-state index contributed by atoms with van der Waals surface area (Å²) < 4.78 is 0. The summed E-state index contributed by atoms with van der Waals surface area (Å²) in [6.45, 7) is 3.71. The first-order valence-corrected chi connectivity index (χ1v) is 9.28. The van der Waals surface area contributed by atoms with E-state index in [9.17, 15) is 4.79 Å². The van der Waals surface area contributed by atoms with E-state index in [-0.39, 0.29) is 12.1 Å². The Morgan fingerprint density at radius 2 is 2.21 bits per heavy atom. The van der Waals surface area contributed by atoms with Gasteiger partial charge in [0, 0.05) is 11.0 Å². The summed E-state index contributed by atoms with van der Waals surface area (Å²) in [7, 11) is 0. The molecule has 1 N–H and O–H groups in total. The molecule has 7 heteroatoms. The average molecular weight is 354 g/mol. The van der Waals surface area contributed by atoms with Gasteiger partial charge in [-0.25, -0.2) is 5.01 Å². The number of para-hydroxylation sites is 1. The zero-order valence-electron chi connectivity index (χ0n) is 12.7. The van der Waals surface area contributed by atoms with Crippen molar-refractivity contribution in [3.63, 3.8) is 0 Å². The Bertz CT molecular complexity index is 949. The Hall–Kier alpha value is -2.38. The SMILES string of the molecule is C=CCSC1=NN2C(=c3ccccc3=NC2c2cccs2)C(=O)N1. The fourth-order valence-electron chi connectivity index (χ4n) is 2.65. The van der Waals surface area contributed by atoms with Gasteiger partial charge < -0.3 is 0 Å². The number of amides is 1. The lowest BCUT2D eigenvalue weighted by Crippen LogP contribution is -2.50. The molecule has 2 aliphatic heterocycles. The number of hydrogen-bond acceptors (Lipinski definition) is 6. The summed E-state index contributed by atoms with van der Waals surface area (Å²) >= 11 is 3.05. The van der Waals surface area contributed by atoms with Crippen LogP contribution in [0.1, 0.15) is 11.0 Å². The van der Waals surface area contributed by atoms with Gasteiger partial charge in [-0.15, -0.1) is 23.0 Å². The molecule has 120 valence electrons. The summed E-state index contributed by atoms with van der Waals surface area (Å²) in [5.74, 6) is 0.528. The van der Waals surface area contributed by atoms with E-state index in [0.29, 0.717) is 16.6 Å². The van der Waals surface area contributed by atoms with E-state index in [1.165, 1.54) is 11.8 Å². The topological polar surface area (TPSA) is 57.1 Å². The van der Waals surface area contributed by atoms with Crippen molar-refractivity contribution >= 4 is 39.9 Å². The van der Waals surface area contributed by atoms with Crippen LogP contribution in [0.5, 0.6) is 0 Å². The molecule has 0 bridgehead atoms. The van der Waals surface area contributed by atoms with Gasteiger partial charge in [-0.05, 0) is 17.5 Å². The number of thiophene rings is 1. The molecule has 0 aliphatic carbocycles. The van der Waals surface area contributed by atoms with Gasteiger partial charge in [-0.1, -0.05) is 42.1 Å². The lowest BCUT2D eigenvalue weighted by atomic mass is 10.1. The first kappa shape index (κ1) is 15.2. The summed E-state index contributed by atoms with van der Waals surface area (Å²) in [5.41, 5.74) is 0.543. The fraction of sp³-hybridized carbons (Fsp3) is 0.118. The molecule has 1 unspecified atom stereocenters. The quantitative estimate of drug-likeness (QED) is 0.856. The number of rotatable bonds is 3. The summed E-state index contributed by atoms with van der Waals surface area (Å²) in [6, 6.07) is 11.7. The van der Waals surface area contributed by atoms with Crippen molar-refractivity contribution in [2.45, 2.75) is 6.17 Å². The summed E-state index contributed by atoms with van der Waals surface area (Å²) in [4.78, 5) is 18.6. The Balaban J connectivity index is 1.91. The van der Waals surface area contributed by atoms with Crippen LogP contribution in [0.4, 0.5) is 0 Å². The first-order valence-electron chi connectivity index (χ1n) is 7.41. The Labute approximate surface area is 147 Å². The van der Waals surface area contributed by atoms with Crippen LogP contribution in [0.15, 0.2) is 64.5 Å². The smallest absolute Gasteiger partial charge is 0.276 e. The van der Waals surface area contributed by atoms with Crippen LogP contribution < -0.4 is 15.9 Å². The van der Waals surface area contributed by atoms with Gasteiger partial charge in [0.2, 0.25) is 0 Å². The van der Waals surface area contributed by atoms with Crippen LogP contribution in [0, 0.1) is 0 Å². The molecule has 2 aliphatic rings. The second-order valence-electron chi connectivity index (χ2n) is 5.19. The van der Waals surface area contributed by atoms with Gasteiger partial charge in [-0.2, -0.15) is 0 Å². The molecule has 0 fully saturated rings. The lowest BCUT2D eigenvalue weighted by Gasteiger charge is -2.33. The van der Waals surface area contributed by atoms with E-state index < -0.39 is 0 Å². The standard InChI is InChI=1S/C17H14N4OS2/c1-2-9-24-17-19-16(22)14-11-6-3-4-7-12(11)18-15(21(14)20-17)13-8-5-10-23-13/h2-8,10,15H,1,9H2,(H,19,20,22). The number of thioether (sulfide) groups is 1. The third-order valence-corrected chi connectivity index (χ3v) is 5.42.